The predicted octanol–water partition coefficient (Wildman–Crippen LogP) is -0.809. The lowest BCUT2D eigenvalue weighted by Gasteiger charge is -2.18. The number of rotatable bonds is 6. The summed E-state index contributed by atoms with van der Waals surface area (Å²) >= 11 is 0. The van der Waals surface area contributed by atoms with Gasteiger partial charge in [-0.05, 0) is 12.8 Å². The number of aliphatic hydroxyl groups is 2. The zero-order valence-electron chi connectivity index (χ0n) is 12.5. The van der Waals surface area contributed by atoms with Crippen molar-refractivity contribution < 1.29 is 39.0 Å². The summed E-state index contributed by atoms with van der Waals surface area (Å²) in [5, 5.41) is 19.6. The molecule has 128 valence electrons. The van der Waals surface area contributed by atoms with Gasteiger partial charge in [0.1, 0.15) is 0 Å². The molecule has 2 N–H and O–H groups in total. The summed E-state index contributed by atoms with van der Waals surface area (Å²) in [5.74, 6) is -2.22. The van der Waals surface area contributed by atoms with Crippen molar-refractivity contribution in [1.82, 2.24) is 5.06 Å². The molecule has 2 aliphatic rings. The van der Waals surface area contributed by atoms with E-state index in [1.54, 1.807) is 0 Å². The number of nitrogens with zero attached hydrogens (tertiary/aromatic N) is 1. The van der Waals surface area contributed by atoms with Gasteiger partial charge in [-0.2, -0.15) is 0 Å². The zero-order chi connectivity index (χ0) is 17.0. The smallest absolute Gasteiger partial charge is 0.332 e. The number of hydrogen-bond acceptors (Lipinski definition) is 8. The third-order valence-electron chi connectivity index (χ3n) is 3.71. The van der Waals surface area contributed by atoms with E-state index in [1.165, 1.54) is 0 Å². The summed E-state index contributed by atoms with van der Waals surface area (Å²) in [6, 6.07) is 0. The molecule has 1 amide bonds. The van der Waals surface area contributed by atoms with Crippen LogP contribution in [0.25, 0.3) is 0 Å². The van der Waals surface area contributed by atoms with Crippen molar-refractivity contribution in [3.8, 4) is 0 Å². The summed E-state index contributed by atoms with van der Waals surface area (Å²) in [7, 11) is 0. The molecule has 3 unspecified atom stereocenters. The molecule has 23 heavy (non-hydrogen) atoms. The molecule has 3 atom stereocenters. The molecule has 1 heterocycles. The summed E-state index contributed by atoms with van der Waals surface area (Å²) in [5.41, 5.74) is 0. The second kappa shape index (κ2) is 7.51. The molecule has 2 fully saturated rings. The Labute approximate surface area is 132 Å². The van der Waals surface area contributed by atoms with Gasteiger partial charge in [0, 0.05) is 32.1 Å². The van der Waals surface area contributed by atoms with E-state index in [9.17, 15) is 29.4 Å². The minimum absolute atomic E-state index is 0.104. The van der Waals surface area contributed by atoms with Gasteiger partial charge in [0.25, 0.3) is 5.91 Å². The van der Waals surface area contributed by atoms with Crippen molar-refractivity contribution in [1.29, 1.82) is 0 Å². The van der Waals surface area contributed by atoms with Crippen LogP contribution in [0.15, 0.2) is 0 Å². The van der Waals surface area contributed by atoms with Gasteiger partial charge in [-0.1, -0.05) is 0 Å². The Morgan fingerprint density at radius 3 is 2.35 bits per heavy atom. The minimum atomic E-state index is -1.13. The first-order valence-electron chi connectivity index (χ1n) is 7.49. The Bertz CT molecular complexity index is 461. The molecule has 9 nitrogen and oxygen atoms in total. The van der Waals surface area contributed by atoms with Gasteiger partial charge in [0.05, 0.1) is 6.10 Å². The second-order valence-electron chi connectivity index (χ2n) is 5.54. The quantitative estimate of drug-likeness (QED) is 0.605. The Morgan fingerprint density at radius 1 is 1.09 bits per heavy atom. The number of hydrogen-bond donors (Lipinski definition) is 2. The third kappa shape index (κ3) is 4.49. The van der Waals surface area contributed by atoms with E-state index in [-0.39, 0.29) is 50.7 Å². The van der Waals surface area contributed by atoms with E-state index < -0.39 is 36.3 Å². The van der Waals surface area contributed by atoms with E-state index >= 15 is 0 Å². The van der Waals surface area contributed by atoms with Crippen molar-refractivity contribution in [2.24, 2.45) is 0 Å². The molecule has 9 heteroatoms. The number of amides is 1. The van der Waals surface area contributed by atoms with Crippen molar-refractivity contribution in [3.05, 3.63) is 0 Å². The molecular formula is C14H19NO8. The highest BCUT2D eigenvalue weighted by Gasteiger charge is 2.36. The minimum Gasteiger partial charge on any atom is -0.452 e. The number of aliphatic hydroxyl groups excluding tert-OH is 2. The van der Waals surface area contributed by atoms with Crippen LogP contribution in [0.1, 0.15) is 44.9 Å². The van der Waals surface area contributed by atoms with Gasteiger partial charge in [0.2, 0.25) is 0 Å². The molecule has 0 spiro atoms. The number of hydroxylamine groups is 2. The molecule has 0 bridgehead atoms. The van der Waals surface area contributed by atoms with E-state index in [2.05, 4.69) is 0 Å². The van der Waals surface area contributed by atoms with Gasteiger partial charge < -0.3 is 19.8 Å². The number of ether oxygens (including phenoxy) is 1. The average molecular weight is 329 g/mol. The summed E-state index contributed by atoms with van der Waals surface area (Å²) in [6.07, 6.45) is -2.62. The first-order valence-corrected chi connectivity index (χ1v) is 7.49. The number of carbonyl (C=O) groups is 4. The van der Waals surface area contributed by atoms with Crippen LogP contribution < -0.4 is 0 Å². The highest BCUT2D eigenvalue weighted by Crippen LogP contribution is 2.20. The Kier molecular flexibility index (Phi) is 5.67. The van der Waals surface area contributed by atoms with Gasteiger partial charge in [-0.3, -0.25) is 14.4 Å². The fourth-order valence-corrected chi connectivity index (χ4v) is 2.43. The molecule has 1 aliphatic heterocycles. The Balaban J connectivity index is 1.66. The van der Waals surface area contributed by atoms with Gasteiger partial charge in [-0.25, -0.2) is 4.79 Å². The number of Topliss-reactive ketones (excluding diaryl/α,β-unsaturated/α-hetero) is 1. The topological polar surface area (TPSA) is 130 Å². The standard InChI is InChI=1S/C14H19NO8/c16-8-4-5-9(17)14(8)22-12(20)2-1-3-13(21)23-15-10(18)6-7-11(15)19/h8,10,14,16,18H,1-7H2. The summed E-state index contributed by atoms with van der Waals surface area (Å²) < 4.78 is 4.89. The van der Waals surface area contributed by atoms with E-state index in [1.807, 2.05) is 0 Å². The largest absolute Gasteiger partial charge is 0.452 e. The first-order chi connectivity index (χ1) is 10.9. The van der Waals surface area contributed by atoms with Gasteiger partial charge in [-0.15, -0.1) is 5.06 Å². The molecule has 0 aromatic heterocycles. The molecule has 0 radical (unpaired) electrons. The maximum absolute atomic E-state index is 11.6. The fourth-order valence-electron chi connectivity index (χ4n) is 2.43. The SMILES string of the molecule is O=C(CCCC(=O)ON1C(=O)CCC1O)OC1C(=O)CCC1O. The lowest BCUT2D eigenvalue weighted by molar-refractivity contribution is -0.220. The van der Waals surface area contributed by atoms with Crippen LogP contribution in [-0.4, -0.2) is 57.3 Å². The van der Waals surface area contributed by atoms with Crippen LogP contribution in [0, 0.1) is 0 Å². The molecule has 0 aromatic rings. The molecule has 1 aliphatic carbocycles. The van der Waals surface area contributed by atoms with Crippen LogP contribution in [0.2, 0.25) is 0 Å². The monoisotopic (exact) mass is 329 g/mol. The van der Waals surface area contributed by atoms with E-state index in [0.29, 0.717) is 5.06 Å². The van der Waals surface area contributed by atoms with Crippen molar-refractivity contribution in [2.75, 3.05) is 0 Å². The molecular weight excluding hydrogens is 310 g/mol. The molecule has 2 rings (SSSR count). The van der Waals surface area contributed by atoms with Crippen LogP contribution in [0.4, 0.5) is 0 Å². The molecule has 0 aromatic carbocycles. The maximum Gasteiger partial charge on any atom is 0.332 e. The van der Waals surface area contributed by atoms with Gasteiger partial charge in [0.15, 0.2) is 18.1 Å². The van der Waals surface area contributed by atoms with Crippen LogP contribution in [-0.2, 0) is 28.8 Å². The van der Waals surface area contributed by atoms with Crippen molar-refractivity contribution in [2.45, 2.75) is 63.4 Å². The summed E-state index contributed by atoms with van der Waals surface area (Å²) in [6.45, 7) is 0. The molecule has 1 saturated heterocycles. The molecule has 1 saturated carbocycles. The highest BCUT2D eigenvalue weighted by molar-refractivity contribution is 5.88. The van der Waals surface area contributed by atoms with Crippen LogP contribution in [0.5, 0.6) is 0 Å². The maximum atomic E-state index is 11.6. The normalized spacial score (nSPS) is 27.4. The van der Waals surface area contributed by atoms with Gasteiger partial charge >= 0.3 is 11.9 Å². The van der Waals surface area contributed by atoms with Crippen molar-refractivity contribution in [3.63, 3.8) is 0 Å². The zero-order valence-corrected chi connectivity index (χ0v) is 12.5. The second-order valence-corrected chi connectivity index (χ2v) is 5.54. The Morgan fingerprint density at radius 2 is 1.78 bits per heavy atom. The van der Waals surface area contributed by atoms with E-state index in [4.69, 9.17) is 9.57 Å². The fraction of sp³-hybridized carbons (Fsp3) is 0.714. The lowest BCUT2D eigenvalue weighted by Crippen LogP contribution is -2.35. The van der Waals surface area contributed by atoms with Crippen LogP contribution >= 0.6 is 0 Å². The summed E-state index contributed by atoms with van der Waals surface area (Å²) in [4.78, 5) is 50.6. The first kappa shape index (κ1) is 17.4. The van der Waals surface area contributed by atoms with E-state index in [0.717, 1.165) is 0 Å². The third-order valence-corrected chi connectivity index (χ3v) is 3.71. The van der Waals surface area contributed by atoms with Crippen molar-refractivity contribution >= 4 is 23.6 Å². The number of esters is 1. The Hall–Kier alpha value is -2.00. The predicted molar refractivity (Wildman–Crippen MR) is 72.2 cm³/mol. The van der Waals surface area contributed by atoms with Crippen LogP contribution in [0.3, 0.4) is 0 Å². The lowest BCUT2D eigenvalue weighted by atomic mass is 10.2. The highest BCUT2D eigenvalue weighted by atomic mass is 16.7. The number of ketones is 1. The number of carbonyl (C=O) groups excluding carboxylic acids is 4. The average Bonchev–Trinajstić information content (AvgIpc) is 2.97.